The molecule has 1 N–H and O–H groups in total. The highest BCUT2D eigenvalue weighted by Crippen LogP contribution is 2.26. The van der Waals surface area contributed by atoms with E-state index in [1.54, 1.807) is 12.1 Å². The van der Waals surface area contributed by atoms with E-state index in [2.05, 4.69) is 36.6 Å². The van der Waals surface area contributed by atoms with Crippen LogP contribution in [0.15, 0.2) is 18.2 Å². The van der Waals surface area contributed by atoms with E-state index in [0.29, 0.717) is 10.8 Å². The molecule has 0 aliphatic rings. The summed E-state index contributed by atoms with van der Waals surface area (Å²) in [6.45, 7) is 7.18. The number of benzene rings is 1. The molecule has 0 spiro atoms. The lowest BCUT2D eigenvalue weighted by molar-refractivity contribution is 0.0698. The molecule has 0 saturated carbocycles. The Labute approximate surface area is 129 Å². The molecule has 2 aromatic rings. The van der Waals surface area contributed by atoms with E-state index in [0.717, 1.165) is 29.8 Å². The monoisotopic (exact) mass is 306 g/mol. The number of rotatable bonds is 6. The first kappa shape index (κ1) is 15.9. The second-order valence-corrected chi connectivity index (χ2v) is 6.87. The largest absolute Gasteiger partial charge is 0.478 e. The zero-order valence-electron chi connectivity index (χ0n) is 13.0. The number of imidazole rings is 1. The molecule has 0 saturated heterocycles. The van der Waals surface area contributed by atoms with E-state index in [1.165, 1.54) is 0 Å². The number of aryl methyl sites for hydroxylation is 1. The molecule has 114 valence electrons. The highest BCUT2D eigenvalue weighted by atomic mass is 32.2. The van der Waals surface area contributed by atoms with Crippen molar-refractivity contribution in [1.29, 1.82) is 0 Å². The van der Waals surface area contributed by atoms with Crippen LogP contribution in [0.5, 0.6) is 0 Å². The fourth-order valence-corrected chi connectivity index (χ4v) is 2.81. The van der Waals surface area contributed by atoms with E-state index >= 15 is 0 Å². The van der Waals surface area contributed by atoms with E-state index < -0.39 is 5.97 Å². The highest BCUT2D eigenvalue weighted by Gasteiger charge is 2.19. The van der Waals surface area contributed by atoms with Crippen molar-refractivity contribution < 1.29 is 9.90 Å². The third kappa shape index (κ3) is 3.23. The number of thioether (sulfide) groups is 1. The van der Waals surface area contributed by atoms with Crippen molar-refractivity contribution in [2.24, 2.45) is 0 Å². The predicted octanol–water partition coefficient (Wildman–Crippen LogP) is 4.00. The summed E-state index contributed by atoms with van der Waals surface area (Å²) in [7, 11) is 0. The van der Waals surface area contributed by atoms with Crippen molar-refractivity contribution in [3.63, 3.8) is 0 Å². The Hall–Kier alpha value is -1.49. The number of aromatic nitrogens is 2. The molecule has 1 heterocycles. The standard InChI is InChI=1S/C16H22N2O2S/c1-10(2)15-17-13-7-5-6-12(16(19)20)14(13)18(15)9-8-11(3)21-4/h5-7,10-11H,8-9H2,1-4H3,(H,19,20). The Kier molecular flexibility index (Phi) is 4.93. The van der Waals surface area contributed by atoms with Crippen LogP contribution in [0.2, 0.25) is 0 Å². The minimum atomic E-state index is -0.894. The molecule has 5 heteroatoms. The molecule has 0 radical (unpaired) electrons. The summed E-state index contributed by atoms with van der Waals surface area (Å²) in [4.78, 5) is 16.1. The molecule has 1 aromatic heterocycles. The molecule has 21 heavy (non-hydrogen) atoms. The van der Waals surface area contributed by atoms with Gasteiger partial charge in [0.2, 0.25) is 0 Å². The van der Waals surface area contributed by atoms with Crippen LogP contribution in [0.3, 0.4) is 0 Å². The highest BCUT2D eigenvalue weighted by molar-refractivity contribution is 7.99. The van der Waals surface area contributed by atoms with Gasteiger partial charge in [-0.1, -0.05) is 26.8 Å². The number of para-hydroxylation sites is 1. The van der Waals surface area contributed by atoms with Crippen LogP contribution in [0.4, 0.5) is 0 Å². The first-order chi connectivity index (χ1) is 9.95. The topological polar surface area (TPSA) is 55.1 Å². The molecule has 1 atom stereocenters. The molecule has 1 aromatic carbocycles. The summed E-state index contributed by atoms with van der Waals surface area (Å²) in [5.74, 6) is 0.339. The lowest BCUT2D eigenvalue weighted by Gasteiger charge is -2.14. The van der Waals surface area contributed by atoms with Crippen molar-refractivity contribution in [2.45, 2.75) is 44.9 Å². The number of hydrogen-bond donors (Lipinski definition) is 1. The van der Waals surface area contributed by atoms with E-state index in [1.807, 2.05) is 17.8 Å². The first-order valence-electron chi connectivity index (χ1n) is 7.21. The van der Waals surface area contributed by atoms with E-state index in [-0.39, 0.29) is 5.92 Å². The van der Waals surface area contributed by atoms with Gasteiger partial charge in [-0.05, 0) is 24.8 Å². The van der Waals surface area contributed by atoms with E-state index in [4.69, 9.17) is 0 Å². The minimum Gasteiger partial charge on any atom is -0.478 e. The Bertz CT molecular complexity index is 649. The Morgan fingerprint density at radius 1 is 1.38 bits per heavy atom. The van der Waals surface area contributed by atoms with Crippen LogP contribution < -0.4 is 0 Å². The molecule has 0 amide bonds. The maximum Gasteiger partial charge on any atom is 0.337 e. The lowest BCUT2D eigenvalue weighted by atomic mass is 10.1. The fourth-order valence-electron chi connectivity index (χ4n) is 2.47. The number of carboxylic acid groups (broad SMARTS) is 1. The van der Waals surface area contributed by atoms with Crippen molar-refractivity contribution in [1.82, 2.24) is 9.55 Å². The van der Waals surface area contributed by atoms with Crippen molar-refractivity contribution in [2.75, 3.05) is 6.26 Å². The van der Waals surface area contributed by atoms with Gasteiger partial charge in [-0.25, -0.2) is 9.78 Å². The Morgan fingerprint density at radius 3 is 2.67 bits per heavy atom. The van der Waals surface area contributed by atoms with Crippen LogP contribution >= 0.6 is 11.8 Å². The number of aromatic carboxylic acids is 1. The lowest BCUT2D eigenvalue weighted by Crippen LogP contribution is -2.11. The average molecular weight is 306 g/mol. The number of fused-ring (bicyclic) bond motifs is 1. The summed E-state index contributed by atoms with van der Waals surface area (Å²) in [5.41, 5.74) is 1.86. The van der Waals surface area contributed by atoms with Gasteiger partial charge in [-0.3, -0.25) is 0 Å². The molecule has 0 bridgehead atoms. The minimum absolute atomic E-state index is 0.267. The van der Waals surface area contributed by atoms with Crippen LogP contribution in [0, 0.1) is 0 Å². The molecule has 1 unspecified atom stereocenters. The van der Waals surface area contributed by atoms with Gasteiger partial charge < -0.3 is 9.67 Å². The Balaban J connectivity index is 2.57. The van der Waals surface area contributed by atoms with Crippen LogP contribution in [0.1, 0.15) is 49.3 Å². The maximum atomic E-state index is 11.5. The summed E-state index contributed by atoms with van der Waals surface area (Å²) in [5, 5.41) is 9.97. The van der Waals surface area contributed by atoms with Gasteiger partial charge in [-0.15, -0.1) is 0 Å². The second kappa shape index (κ2) is 6.52. The van der Waals surface area contributed by atoms with Gasteiger partial charge in [0.25, 0.3) is 0 Å². The summed E-state index contributed by atoms with van der Waals surface area (Å²) in [6.07, 6.45) is 3.10. The second-order valence-electron chi connectivity index (χ2n) is 5.59. The number of carboxylic acids is 1. The molecule has 0 fully saturated rings. The van der Waals surface area contributed by atoms with Crippen molar-refractivity contribution in [3.05, 3.63) is 29.6 Å². The molecule has 4 nitrogen and oxygen atoms in total. The van der Waals surface area contributed by atoms with Gasteiger partial charge in [0.1, 0.15) is 5.82 Å². The van der Waals surface area contributed by atoms with Crippen molar-refractivity contribution in [3.8, 4) is 0 Å². The normalized spacial score (nSPS) is 13.0. The Morgan fingerprint density at radius 2 is 2.10 bits per heavy atom. The zero-order chi connectivity index (χ0) is 15.6. The van der Waals surface area contributed by atoms with Gasteiger partial charge in [-0.2, -0.15) is 11.8 Å². The van der Waals surface area contributed by atoms with Crippen LogP contribution in [-0.2, 0) is 6.54 Å². The smallest absolute Gasteiger partial charge is 0.337 e. The quantitative estimate of drug-likeness (QED) is 0.876. The molecular weight excluding hydrogens is 284 g/mol. The SMILES string of the molecule is CSC(C)CCn1c(C(C)C)nc2cccc(C(=O)O)c21. The average Bonchev–Trinajstić information content (AvgIpc) is 2.83. The number of hydrogen-bond acceptors (Lipinski definition) is 3. The molecule has 0 aliphatic carbocycles. The van der Waals surface area contributed by atoms with Gasteiger partial charge in [0, 0.05) is 17.7 Å². The molecular formula is C16H22N2O2S. The fraction of sp³-hybridized carbons (Fsp3) is 0.500. The van der Waals surface area contributed by atoms with Crippen LogP contribution in [-0.4, -0.2) is 32.1 Å². The third-order valence-corrected chi connectivity index (χ3v) is 4.75. The number of carbonyl (C=O) groups is 1. The number of nitrogens with zero attached hydrogens (tertiary/aromatic N) is 2. The summed E-state index contributed by atoms with van der Waals surface area (Å²) >= 11 is 1.83. The van der Waals surface area contributed by atoms with Gasteiger partial charge >= 0.3 is 5.97 Å². The van der Waals surface area contributed by atoms with Gasteiger partial charge in [0.15, 0.2) is 0 Å². The van der Waals surface area contributed by atoms with Crippen LogP contribution in [0.25, 0.3) is 11.0 Å². The zero-order valence-corrected chi connectivity index (χ0v) is 13.8. The first-order valence-corrected chi connectivity index (χ1v) is 8.49. The third-order valence-electron chi connectivity index (χ3n) is 3.70. The van der Waals surface area contributed by atoms with Gasteiger partial charge in [0.05, 0.1) is 16.6 Å². The summed E-state index contributed by atoms with van der Waals surface area (Å²) in [6, 6.07) is 5.31. The van der Waals surface area contributed by atoms with E-state index in [9.17, 15) is 9.90 Å². The molecule has 0 aliphatic heterocycles. The predicted molar refractivity (Wildman–Crippen MR) is 88.4 cm³/mol. The maximum absolute atomic E-state index is 11.5. The van der Waals surface area contributed by atoms with Crippen molar-refractivity contribution >= 4 is 28.8 Å². The molecule has 2 rings (SSSR count). The summed E-state index contributed by atoms with van der Waals surface area (Å²) < 4.78 is 2.09.